The molecular weight excluding hydrogens is 270 g/mol. The van der Waals surface area contributed by atoms with E-state index < -0.39 is 0 Å². The topological polar surface area (TPSA) is 32.7 Å². The van der Waals surface area contributed by atoms with Gasteiger partial charge in [-0.1, -0.05) is 24.0 Å². The van der Waals surface area contributed by atoms with Crippen LogP contribution in [0.1, 0.15) is 10.4 Å². The van der Waals surface area contributed by atoms with E-state index in [0.717, 1.165) is 23.5 Å². The molecule has 0 spiro atoms. The minimum absolute atomic E-state index is 0.113. The van der Waals surface area contributed by atoms with E-state index in [-0.39, 0.29) is 6.61 Å². The summed E-state index contributed by atoms with van der Waals surface area (Å²) in [5, 5.41) is 10.8. The highest BCUT2D eigenvalue weighted by Gasteiger charge is 2.10. The summed E-state index contributed by atoms with van der Waals surface area (Å²) in [6.45, 7) is 0.644. The number of hydrogen-bond donors (Lipinski definition) is 1. The number of para-hydroxylation sites is 2. The number of aliphatic hydroxyl groups is 1. The van der Waals surface area contributed by atoms with E-state index in [9.17, 15) is 0 Å². The first-order valence-electron chi connectivity index (χ1n) is 6.26. The first kappa shape index (κ1) is 14.4. The Hall–Kier alpha value is -1.96. The Labute approximate surface area is 123 Å². The molecule has 4 heteroatoms. The maximum atomic E-state index is 8.79. The van der Waals surface area contributed by atoms with E-state index in [1.165, 1.54) is 4.88 Å². The van der Waals surface area contributed by atoms with Crippen LogP contribution in [0.4, 0.5) is 5.69 Å². The van der Waals surface area contributed by atoms with Crippen LogP contribution in [0, 0.1) is 11.8 Å². The molecule has 0 aliphatic rings. The van der Waals surface area contributed by atoms with E-state index in [4.69, 9.17) is 9.84 Å². The lowest BCUT2D eigenvalue weighted by molar-refractivity contribution is 0.350. The normalized spacial score (nSPS) is 9.75. The Balaban J connectivity index is 2.19. The van der Waals surface area contributed by atoms with Crippen molar-refractivity contribution in [3.8, 4) is 17.6 Å². The lowest BCUT2D eigenvalue weighted by Crippen LogP contribution is -2.16. The van der Waals surface area contributed by atoms with Gasteiger partial charge in [0.15, 0.2) is 0 Å². The second kappa shape index (κ2) is 6.99. The van der Waals surface area contributed by atoms with Gasteiger partial charge in [0.1, 0.15) is 12.4 Å². The summed E-state index contributed by atoms with van der Waals surface area (Å²) in [4.78, 5) is 3.31. The van der Waals surface area contributed by atoms with Crippen molar-refractivity contribution in [3.63, 3.8) is 0 Å². The fourth-order valence-corrected chi connectivity index (χ4v) is 2.84. The van der Waals surface area contributed by atoms with Crippen LogP contribution in [-0.2, 0) is 6.54 Å². The highest BCUT2D eigenvalue weighted by Crippen LogP contribution is 2.29. The van der Waals surface area contributed by atoms with E-state index in [1.54, 1.807) is 18.4 Å². The Morgan fingerprint density at radius 1 is 1.30 bits per heavy atom. The third kappa shape index (κ3) is 3.32. The van der Waals surface area contributed by atoms with Crippen molar-refractivity contribution in [3.05, 3.63) is 46.2 Å². The molecule has 0 saturated carbocycles. The van der Waals surface area contributed by atoms with E-state index in [1.807, 2.05) is 42.8 Å². The van der Waals surface area contributed by atoms with Crippen LogP contribution in [0.25, 0.3) is 0 Å². The summed E-state index contributed by atoms with van der Waals surface area (Å²) in [6.07, 6.45) is 0. The zero-order chi connectivity index (χ0) is 14.4. The molecule has 1 aromatic carbocycles. The molecule has 0 saturated heterocycles. The van der Waals surface area contributed by atoms with E-state index in [2.05, 4.69) is 16.7 Å². The number of aliphatic hydroxyl groups excluding tert-OH is 1. The first-order chi connectivity index (χ1) is 9.76. The molecule has 0 bridgehead atoms. The third-order valence-corrected chi connectivity index (χ3v) is 3.83. The summed E-state index contributed by atoms with van der Waals surface area (Å²) in [5.74, 6) is 6.53. The van der Waals surface area contributed by atoms with Crippen LogP contribution in [-0.4, -0.2) is 25.9 Å². The fraction of sp³-hybridized carbons (Fsp3) is 0.250. The van der Waals surface area contributed by atoms with Crippen molar-refractivity contribution >= 4 is 17.0 Å². The fourth-order valence-electron chi connectivity index (χ4n) is 1.95. The summed E-state index contributed by atoms with van der Waals surface area (Å²) in [5.41, 5.74) is 2.02. The largest absolute Gasteiger partial charge is 0.495 e. The molecule has 0 aliphatic heterocycles. The van der Waals surface area contributed by atoms with Gasteiger partial charge in [0.05, 0.1) is 19.3 Å². The molecule has 1 N–H and O–H groups in total. The van der Waals surface area contributed by atoms with Crippen LogP contribution in [0.2, 0.25) is 0 Å². The summed E-state index contributed by atoms with van der Waals surface area (Å²) in [6, 6.07) is 9.92. The van der Waals surface area contributed by atoms with Gasteiger partial charge in [-0.3, -0.25) is 0 Å². The molecule has 3 nitrogen and oxygen atoms in total. The smallest absolute Gasteiger partial charge is 0.142 e. The van der Waals surface area contributed by atoms with Crippen molar-refractivity contribution in [1.29, 1.82) is 0 Å². The van der Waals surface area contributed by atoms with E-state index in [0.29, 0.717) is 0 Å². The van der Waals surface area contributed by atoms with Gasteiger partial charge >= 0.3 is 0 Å². The number of ether oxygens (including phenoxy) is 1. The Morgan fingerprint density at radius 3 is 2.85 bits per heavy atom. The van der Waals surface area contributed by atoms with Gasteiger partial charge in [0.25, 0.3) is 0 Å². The molecule has 0 unspecified atom stereocenters. The zero-order valence-corrected chi connectivity index (χ0v) is 12.4. The maximum absolute atomic E-state index is 8.79. The molecule has 0 atom stereocenters. The van der Waals surface area contributed by atoms with Crippen LogP contribution in [0.3, 0.4) is 0 Å². The van der Waals surface area contributed by atoms with Crippen molar-refractivity contribution < 1.29 is 9.84 Å². The molecular formula is C16H17NO2S. The third-order valence-electron chi connectivity index (χ3n) is 2.92. The lowest BCUT2D eigenvalue weighted by atomic mass is 10.2. The average molecular weight is 287 g/mol. The predicted octanol–water partition coefficient (Wildman–Crippen LogP) is 2.74. The highest BCUT2D eigenvalue weighted by atomic mass is 32.1. The molecule has 0 fully saturated rings. The molecule has 1 aromatic heterocycles. The van der Waals surface area contributed by atoms with Gasteiger partial charge in [0.2, 0.25) is 0 Å². The monoisotopic (exact) mass is 287 g/mol. The van der Waals surface area contributed by atoms with Crippen LogP contribution in [0.5, 0.6) is 5.75 Å². The number of nitrogens with zero attached hydrogens (tertiary/aromatic N) is 1. The molecule has 0 aliphatic carbocycles. The van der Waals surface area contributed by atoms with Crippen LogP contribution < -0.4 is 9.64 Å². The lowest BCUT2D eigenvalue weighted by Gasteiger charge is -2.21. The number of methoxy groups -OCH3 is 1. The second-order valence-electron chi connectivity index (χ2n) is 4.25. The van der Waals surface area contributed by atoms with Crippen molar-refractivity contribution in [2.45, 2.75) is 6.54 Å². The quantitative estimate of drug-likeness (QED) is 0.878. The number of rotatable bonds is 4. The summed E-state index contributed by atoms with van der Waals surface area (Å²) >= 11 is 1.67. The van der Waals surface area contributed by atoms with Crippen molar-refractivity contribution in [2.75, 3.05) is 25.7 Å². The minimum atomic E-state index is -0.113. The number of anilines is 1. The molecule has 0 amide bonds. The van der Waals surface area contributed by atoms with Crippen molar-refractivity contribution in [2.24, 2.45) is 0 Å². The molecule has 104 valence electrons. The zero-order valence-electron chi connectivity index (χ0n) is 11.6. The molecule has 1 heterocycles. The Bertz CT molecular complexity index is 625. The number of hydrogen-bond acceptors (Lipinski definition) is 4. The summed E-state index contributed by atoms with van der Waals surface area (Å²) in [7, 11) is 3.71. The standard InChI is InChI=1S/C16H17NO2S/c1-17(14-7-3-4-8-15(14)19-2)12-16-13(6-5-10-18)9-11-20-16/h3-4,7-9,11,18H,10,12H2,1-2H3. The summed E-state index contributed by atoms with van der Waals surface area (Å²) < 4.78 is 5.38. The second-order valence-corrected chi connectivity index (χ2v) is 5.25. The molecule has 0 radical (unpaired) electrons. The van der Waals surface area contributed by atoms with Gasteiger partial charge in [-0.15, -0.1) is 11.3 Å². The number of thiophene rings is 1. The highest BCUT2D eigenvalue weighted by molar-refractivity contribution is 7.10. The van der Waals surface area contributed by atoms with Gasteiger partial charge < -0.3 is 14.7 Å². The first-order valence-corrected chi connectivity index (χ1v) is 7.14. The van der Waals surface area contributed by atoms with Gasteiger partial charge in [-0.2, -0.15) is 0 Å². The van der Waals surface area contributed by atoms with Gasteiger partial charge in [-0.05, 0) is 23.6 Å². The van der Waals surface area contributed by atoms with Gasteiger partial charge in [-0.25, -0.2) is 0 Å². The number of benzene rings is 1. The SMILES string of the molecule is COc1ccccc1N(C)Cc1sccc1C#CCO. The van der Waals surface area contributed by atoms with Crippen LogP contribution >= 0.6 is 11.3 Å². The van der Waals surface area contributed by atoms with Crippen molar-refractivity contribution in [1.82, 2.24) is 0 Å². The predicted molar refractivity (Wildman–Crippen MR) is 83.4 cm³/mol. The molecule has 2 rings (SSSR count). The van der Waals surface area contributed by atoms with Crippen LogP contribution in [0.15, 0.2) is 35.7 Å². The maximum Gasteiger partial charge on any atom is 0.142 e. The Kier molecular flexibility index (Phi) is 5.05. The van der Waals surface area contributed by atoms with Gasteiger partial charge in [0, 0.05) is 17.5 Å². The molecule has 20 heavy (non-hydrogen) atoms. The molecule has 2 aromatic rings. The van der Waals surface area contributed by atoms with E-state index >= 15 is 0 Å². The Morgan fingerprint density at radius 2 is 2.10 bits per heavy atom. The minimum Gasteiger partial charge on any atom is -0.495 e. The average Bonchev–Trinajstić information content (AvgIpc) is 2.92.